The third-order valence-corrected chi connectivity index (χ3v) is 5.14. The number of carbonyl (C=O) groups excluding carboxylic acids is 1. The van der Waals surface area contributed by atoms with Gasteiger partial charge in [0.15, 0.2) is 0 Å². The van der Waals surface area contributed by atoms with Crippen LogP contribution in [0.3, 0.4) is 0 Å². The molecule has 1 saturated carbocycles. The van der Waals surface area contributed by atoms with E-state index < -0.39 is 0 Å². The average Bonchev–Trinajstić information content (AvgIpc) is 2.99. The van der Waals surface area contributed by atoms with Gasteiger partial charge < -0.3 is 10.1 Å². The zero-order chi connectivity index (χ0) is 15.8. The molecule has 0 aromatic carbocycles. The predicted molar refractivity (Wildman–Crippen MR) is 89.8 cm³/mol. The van der Waals surface area contributed by atoms with E-state index in [4.69, 9.17) is 4.74 Å². The lowest BCUT2D eigenvalue weighted by Gasteiger charge is -2.38. The standard InChI is InChI=1S/C18H34N2O2/c1-3-7-16-10-17(19-11-15-8-5-6-9-15)13-20(12-16)14-18(21)22-4-2/h15-17,19H,3-14H2,1-2H3. The summed E-state index contributed by atoms with van der Waals surface area (Å²) in [6.45, 7) is 8.27. The predicted octanol–water partition coefficient (Wildman–Crippen LogP) is 2.82. The Balaban J connectivity index is 1.80. The molecule has 1 heterocycles. The number of ether oxygens (including phenoxy) is 1. The van der Waals surface area contributed by atoms with Gasteiger partial charge in [-0.2, -0.15) is 0 Å². The van der Waals surface area contributed by atoms with Crippen molar-refractivity contribution in [2.24, 2.45) is 11.8 Å². The molecule has 2 unspecified atom stereocenters. The highest BCUT2D eigenvalue weighted by atomic mass is 16.5. The highest BCUT2D eigenvalue weighted by Crippen LogP contribution is 2.25. The van der Waals surface area contributed by atoms with Crippen molar-refractivity contribution in [1.29, 1.82) is 0 Å². The van der Waals surface area contributed by atoms with E-state index in [1.807, 2.05) is 6.92 Å². The van der Waals surface area contributed by atoms with E-state index in [2.05, 4.69) is 17.1 Å². The number of hydrogen-bond donors (Lipinski definition) is 1. The quantitative estimate of drug-likeness (QED) is 0.700. The summed E-state index contributed by atoms with van der Waals surface area (Å²) in [5, 5.41) is 3.79. The molecule has 128 valence electrons. The van der Waals surface area contributed by atoms with Crippen LogP contribution in [0.25, 0.3) is 0 Å². The van der Waals surface area contributed by atoms with Crippen molar-refractivity contribution in [3.63, 3.8) is 0 Å². The van der Waals surface area contributed by atoms with Gasteiger partial charge in [0.1, 0.15) is 0 Å². The van der Waals surface area contributed by atoms with E-state index in [9.17, 15) is 4.79 Å². The Bertz CT molecular complexity index is 329. The van der Waals surface area contributed by atoms with Gasteiger partial charge >= 0.3 is 5.97 Å². The van der Waals surface area contributed by atoms with Gasteiger partial charge in [-0.1, -0.05) is 26.2 Å². The summed E-state index contributed by atoms with van der Waals surface area (Å²) in [6, 6.07) is 0.542. The molecule has 0 radical (unpaired) electrons. The summed E-state index contributed by atoms with van der Waals surface area (Å²) >= 11 is 0. The van der Waals surface area contributed by atoms with Crippen LogP contribution in [0.1, 0.15) is 58.8 Å². The van der Waals surface area contributed by atoms with E-state index in [0.29, 0.717) is 25.1 Å². The van der Waals surface area contributed by atoms with E-state index in [1.165, 1.54) is 44.9 Å². The van der Waals surface area contributed by atoms with Gasteiger partial charge in [0.25, 0.3) is 0 Å². The number of likely N-dealkylation sites (tertiary alicyclic amines) is 1. The van der Waals surface area contributed by atoms with Crippen LogP contribution in [0.5, 0.6) is 0 Å². The van der Waals surface area contributed by atoms with Crippen molar-refractivity contribution in [3.05, 3.63) is 0 Å². The van der Waals surface area contributed by atoms with Crippen LogP contribution < -0.4 is 5.32 Å². The third-order valence-electron chi connectivity index (χ3n) is 5.14. The Kier molecular flexibility index (Phi) is 7.67. The first-order valence-electron chi connectivity index (χ1n) is 9.32. The molecule has 0 bridgehead atoms. The zero-order valence-corrected chi connectivity index (χ0v) is 14.5. The molecule has 22 heavy (non-hydrogen) atoms. The van der Waals surface area contributed by atoms with E-state index >= 15 is 0 Å². The van der Waals surface area contributed by atoms with Crippen LogP contribution in [0, 0.1) is 11.8 Å². The van der Waals surface area contributed by atoms with Gasteiger partial charge in [-0.05, 0) is 51.0 Å². The highest BCUT2D eigenvalue weighted by Gasteiger charge is 2.28. The minimum absolute atomic E-state index is 0.0748. The van der Waals surface area contributed by atoms with Crippen molar-refractivity contribution < 1.29 is 9.53 Å². The fraction of sp³-hybridized carbons (Fsp3) is 0.944. The molecule has 2 fully saturated rings. The molecule has 4 nitrogen and oxygen atoms in total. The molecule has 2 rings (SSSR count). The summed E-state index contributed by atoms with van der Waals surface area (Å²) in [5.41, 5.74) is 0. The van der Waals surface area contributed by atoms with Crippen molar-refractivity contribution >= 4 is 5.97 Å². The zero-order valence-electron chi connectivity index (χ0n) is 14.5. The molecule has 0 amide bonds. The van der Waals surface area contributed by atoms with E-state index in [-0.39, 0.29) is 5.97 Å². The van der Waals surface area contributed by atoms with Crippen LogP contribution in [0.15, 0.2) is 0 Å². The van der Waals surface area contributed by atoms with Crippen molar-refractivity contribution in [1.82, 2.24) is 10.2 Å². The molecular weight excluding hydrogens is 276 g/mol. The minimum Gasteiger partial charge on any atom is -0.465 e. The van der Waals surface area contributed by atoms with Crippen LogP contribution in [0.2, 0.25) is 0 Å². The number of piperidine rings is 1. The fourth-order valence-electron chi connectivity index (χ4n) is 4.13. The van der Waals surface area contributed by atoms with Crippen LogP contribution in [0.4, 0.5) is 0 Å². The molecular formula is C18H34N2O2. The Morgan fingerprint density at radius 2 is 1.95 bits per heavy atom. The van der Waals surface area contributed by atoms with Crippen molar-refractivity contribution in [2.45, 2.75) is 64.8 Å². The monoisotopic (exact) mass is 310 g/mol. The maximum atomic E-state index is 11.8. The number of hydrogen-bond acceptors (Lipinski definition) is 4. The maximum Gasteiger partial charge on any atom is 0.320 e. The molecule has 0 aromatic heterocycles. The molecule has 0 spiro atoms. The smallest absolute Gasteiger partial charge is 0.320 e. The molecule has 2 aliphatic rings. The van der Waals surface area contributed by atoms with Gasteiger partial charge in [-0.25, -0.2) is 0 Å². The second-order valence-corrected chi connectivity index (χ2v) is 7.15. The van der Waals surface area contributed by atoms with Crippen LogP contribution in [-0.4, -0.2) is 49.7 Å². The SMILES string of the molecule is CCCC1CC(NCC2CCCC2)CN(CC(=O)OCC)C1. The number of nitrogens with one attached hydrogen (secondary N) is 1. The first-order chi connectivity index (χ1) is 10.7. The summed E-state index contributed by atoms with van der Waals surface area (Å²) in [4.78, 5) is 14.1. The van der Waals surface area contributed by atoms with Crippen molar-refractivity contribution in [3.8, 4) is 0 Å². The molecule has 1 N–H and O–H groups in total. The highest BCUT2D eigenvalue weighted by molar-refractivity contribution is 5.71. The number of esters is 1. The second kappa shape index (κ2) is 9.51. The summed E-state index contributed by atoms with van der Waals surface area (Å²) < 4.78 is 5.12. The molecule has 0 aromatic rings. The number of nitrogens with zero attached hydrogens (tertiary/aromatic N) is 1. The molecule has 1 aliphatic heterocycles. The van der Waals surface area contributed by atoms with Gasteiger partial charge in [-0.15, -0.1) is 0 Å². The second-order valence-electron chi connectivity index (χ2n) is 7.15. The van der Waals surface area contributed by atoms with Crippen LogP contribution >= 0.6 is 0 Å². The lowest BCUT2D eigenvalue weighted by Crippen LogP contribution is -2.51. The first-order valence-corrected chi connectivity index (χ1v) is 9.32. The largest absolute Gasteiger partial charge is 0.465 e. The summed E-state index contributed by atoms with van der Waals surface area (Å²) in [6.07, 6.45) is 9.36. The van der Waals surface area contributed by atoms with E-state index in [1.54, 1.807) is 0 Å². The van der Waals surface area contributed by atoms with Crippen molar-refractivity contribution in [2.75, 3.05) is 32.8 Å². The van der Waals surface area contributed by atoms with Gasteiger partial charge in [0.05, 0.1) is 13.2 Å². The molecule has 1 saturated heterocycles. The number of rotatable bonds is 8. The normalized spacial score (nSPS) is 27.2. The Morgan fingerprint density at radius 1 is 1.18 bits per heavy atom. The lowest BCUT2D eigenvalue weighted by molar-refractivity contribution is -0.145. The first kappa shape index (κ1) is 17.7. The molecule has 1 aliphatic carbocycles. The fourth-order valence-corrected chi connectivity index (χ4v) is 4.13. The lowest BCUT2D eigenvalue weighted by atomic mass is 9.90. The molecule has 4 heteroatoms. The summed E-state index contributed by atoms with van der Waals surface area (Å²) in [5.74, 6) is 1.52. The van der Waals surface area contributed by atoms with Crippen LogP contribution in [-0.2, 0) is 9.53 Å². The van der Waals surface area contributed by atoms with E-state index in [0.717, 1.165) is 25.6 Å². The molecule has 2 atom stereocenters. The number of carbonyl (C=O) groups is 1. The average molecular weight is 310 g/mol. The Morgan fingerprint density at radius 3 is 2.64 bits per heavy atom. The Labute approximate surface area is 136 Å². The minimum atomic E-state index is -0.0748. The van der Waals surface area contributed by atoms with Gasteiger partial charge in [-0.3, -0.25) is 9.69 Å². The summed E-state index contributed by atoms with van der Waals surface area (Å²) in [7, 11) is 0. The van der Waals surface area contributed by atoms with Gasteiger partial charge in [0.2, 0.25) is 0 Å². The Hall–Kier alpha value is -0.610. The topological polar surface area (TPSA) is 41.6 Å². The maximum absolute atomic E-state index is 11.8. The van der Waals surface area contributed by atoms with Gasteiger partial charge in [0, 0.05) is 19.1 Å². The third kappa shape index (κ3) is 5.88.